The molecule has 5 nitrogen and oxygen atoms in total. The Hall–Kier alpha value is -1.88. The van der Waals surface area contributed by atoms with Gasteiger partial charge in [0, 0.05) is 17.5 Å². The van der Waals surface area contributed by atoms with E-state index in [1.807, 2.05) is 0 Å². The number of aldehydes is 1. The molecule has 0 spiro atoms. The van der Waals surface area contributed by atoms with E-state index in [1.54, 1.807) is 18.2 Å². The maximum absolute atomic E-state index is 10.5. The van der Waals surface area contributed by atoms with E-state index in [1.165, 1.54) is 0 Å². The number of carboxylic acid groups (broad SMARTS) is 1. The highest BCUT2D eigenvalue weighted by atomic mass is 16.5. The van der Waals surface area contributed by atoms with Gasteiger partial charge in [-0.15, -0.1) is 0 Å². The molecular formula is C12H14O5. The van der Waals surface area contributed by atoms with E-state index in [-0.39, 0.29) is 19.6 Å². The summed E-state index contributed by atoms with van der Waals surface area (Å²) in [6, 6.07) is 4.72. The van der Waals surface area contributed by atoms with Crippen molar-refractivity contribution in [2.75, 3.05) is 6.61 Å². The molecule has 0 radical (unpaired) electrons. The van der Waals surface area contributed by atoms with Crippen LogP contribution >= 0.6 is 0 Å². The highest BCUT2D eigenvalue weighted by Crippen LogP contribution is 2.20. The van der Waals surface area contributed by atoms with Gasteiger partial charge in [-0.1, -0.05) is 0 Å². The molecule has 0 amide bonds. The van der Waals surface area contributed by atoms with Crippen LogP contribution in [0.4, 0.5) is 0 Å². The van der Waals surface area contributed by atoms with E-state index >= 15 is 0 Å². The molecule has 5 heteroatoms. The summed E-state index contributed by atoms with van der Waals surface area (Å²) >= 11 is 0. The standard InChI is InChI=1S/C12H14O5/c13-7-9-3-4-11(10(6-9)8-14)17-5-1-2-12(15)16/h3-4,6-7,14H,1-2,5,8H2,(H,15,16). The predicted molar refractivity (Wildman–Crippen MR) is 60.1 cm³/mol. The Balaban J connectivity index is 2.58. The molecule has 92 valence electrons. The molecule has 2 N–H and O–H groups in total. The number of rotatable bonds is 7. The third kappa shape index (κ3) is 4.24. The van der Waals surface area contributed by atoms with Crippen molar-refractivity contribution in [3.05, 3.63) is 29.3 Å². The minimum Gasteiger partial charge on any atom is -0.493 e. The number of carboxylic acids is 1. The lowest BCUT2D eigenvalue weighted by Crippen LogP contribution is -2.04. The molecule has 1 aromatic rings. The van der Waals surface area contributed by atoms with Gasteiger partial charge in [0.15, 0.2) is 0 Å². The third-order valence-electron chi connectivity index (χ3n) is 2.18. The molecule has 0 unspecified atom stereocenters. The molecule has 0 heterocycles. The average molecular weight is 238 g/mol. The zero-order valence-corrected chi connectivity index (χ0v) is 9.26. The lowest BCUT2D eigenvalue weighted by Gasteiger charge is -2.09. The van der Waals surface area contributed by atoms with Crippen molar-refractivity contribution in [1.29, 1.82) is 0 Å². The van der Waals surface area contributed by atoms with E-state index in [0.29, 0.717) is 29.6 Å². The number of benzene rings is 1. The maximum atomic E-state index is 10.5. The SMILES string of the molecule is O=Cc1ccc(OCCCC(=O)O)c(CO)c1. The van der Waals surface area contributed by atoms with Crippen molar-refractivity contribution < 1.29 is 24.5 Å². The number of hydrogen-bond donors (Lipinski definition) is 2. The van der Waals surface area contributed by atoms with E-state index in [4.69, 9.17) is 14.9 Å². The smallest absolute Gasteiger partial charge is 0.303 e. The van der Waals surface area contributed by atoms with Crippen LogP contribution in [0.3, 0.4) is 0 Å². The Morgan fingerprint density at radius 3 is 2.76 bits per heavy atom. The fourth-order valence-electron chi connectivity index (χ4n) is 1.34. The first-order valence-electron chi connectivity index (χ1n) is 5.21. The van der Waals surface area contributed by atoms with Crippen LogP contribution in [0.1, 0.15) is 28.8 Å². The summed E-state index contributed by atoms with van der Waals surface area (Å²) in [6.45, 7) is 0.0374. The van der Waals surface area contributed by atoms with E-state index in [9.17, 15) is 9.59 Å². The van der Waals surface area contributed by atoms with Crippen LogP contribution < -0.4 is 4.74 Å². The molecule has 0 aliphatic rings. The van der Waals surface area contributed by atoms with Gasteiger partial charge in [-0.05, 0) is 24.6 Å². The van der Waals surface area contributed by atoms with Crippen molar-refractivity contribution in [2.45, 2.75) is 19.4 Å². The van der Waals surface area contributed by atoms with Crippen LogP contribution in [0.15, 0.2) is 18.2 Å². The molecule has 0 aromatic heterocycles. The van der Waals surface area contributed by atoms with Crippen molar-refractivity contribution >= 4 is 12.3 Å². The van der Waals surface area contributed by atoms with Gasteiger partial charge in [-0.3, -0.25) is 9.59 Å². The van der Waals surface area contributed by atoms with E-state index in [2.05, 4.69) is 0 Å². The fourth-order valence-corrected chi connectivity index (χ4v) is 1.34. The largest absolute Gasteiger partial charge is 0.493 e. The summed E-state index contributed by atoms with van der Waals surface area (Å²) in [5.74, 6) is -0.393. The van der Waals surface area contributed by atoms with Gasteiger partial charge in [0.05, 0.1) is 13.2 Å². The number of hydrogen-bond acceptors (Lipinski definition) is 4. The van der Waals surface area contributed by atoms with Gasteiger partial charge in [-0.25, -0.2) is 0 Å². The zero-order valence-electron chi connectivity index (χ0n) is 9.26. The second-order valence-electron chi connectivity index (χ2n) is 3.49. The number of carbonyl (C=O) groups excluding carboxylic acids is 1. The minimum atomic E-state index is -0.868. The van der Waals surface area contributed by atoms with E-state index in [0.717, 1.165) is 0 Å². The normalized spacial score (nSPS) is 9.94. The fraction of sp³-hybridized carbons (Fsp3) is 0.333. The summed E-state index contributed by atoms with van der Waals surface area (Å²) in [5, 5.41) is 17.5. The van der Waals surface area contributed by atoms with Crippen molar-refractivity contribution in [3.63, 3.8) is 0 Å². The molecule has 1 aromatic carbocycles. The predicted octanol–water partition coefficient (Wildman–Crippen LogP) is 1.23. The molecule has 0 fully saturated rings. The molecule has 17 heavy (non-hydrogen) atoms. The maximum Gasteiger partial charge on any atom is 0.303 e. The number of aliphatic hydroxyl groups is 1. The molecule has 0 saturated heterocycles. The molecular weight excluding hydrogens is 224 g/mol. The Labute approximate surface area is 98.6 Å². The van der Waals surface area contributed by atoms with Crippen LogP contribution in [0, 0.1) is 0 Å². The van der Waals surface area contributed by atoms with Crippen LogP contribution in [0.5, 0.6) is 5.75 Å². The Bertz CT molecular complexity index is 400. The third-order valence-corrected chi connectivity index (χ3v) is 2.18. The zero-order chi connectivity index (χ0) is 12.7. The molecule has 0 aliphatic heterocycles. The van der Waals surface area contributed by atoms with Gasteiger partial charge in [0.25, 0.3) is 0 Å². The summed E-state index contributed by atoms with van der Waals surface area (Å²) in [4.78, 5) is 20.8. The van der Waals surface area contributed by atoms with Crippen LogP contribution in [0.2, 0.25) is 0 Å². The lowest BCUT2D eigenvalue weighted by atomic mass is 10.1. The first-order chi connectivity index (χ1) is 8.17. The Kier molecular flexibility index (Phi) is 5.16. The first kappa shape index (κ1) is 13.2. The second kappa shape index (κ2) is 6.65. The highest BCUT2D eigenvalue weighted by Gasteiger charge is 2.05. The number of carbonyl (C=O) groups is 2. The van der Waals surface area contributed by atoms with Crippen LogP contribution in [0.25, 0.3) is 0 Å². The number of aliphatic hydroxyl groups excluding tert-OH is 1. The van der Waals surface area contributed by atoms with Crippen molar-refractivity contribution in [1.82, 2.24) is 0 Å². The van der Waals surface area contributed by atoms with Gasteiger partial charge >= 0.3 is 5.97 Å². The molecule has 0 aliphatic carbocycles. The second-order valence-corrected chi connectivity index (χ2v) is 3.49. The topological polar surface area (TPSA) is 83.8 Å². The summed E-state index contributed by atoms with van der Waals surface area (Å²) in [5.41, 5.74) is 0.983. The number of ether oxygens (including phenoxy) is 1. The summed E-state index contributed by atoms with van der Waals surface area (Å²) < 4.78 is 5.34. The van der Waals surface area contributed by atoms with Gasteiger partial charge < -0.3 is 14.9 Å². The minimum absolute atomic E-state index is 0.0425. The molecule has 0 atom stereocenters. The first-order valence-corrected chi connectivity index (χ1v) is 5.21. The van der Waals surface area contributed by atoms with Crippen LogP contribution in [-0.2, 0) is 11.4 Å². The molecule has 0 bridgehead atoms. The summed E-state index contributed by atoms with van der Waals surface area (Å²) in [7, 11) is 0. The average Bonchev–Trinajstić information content (AvgIpc) is 2.34. The van der Waals surface area contributed by atoms with E-state index < -0.39 is 5.97 Å². The number of aliphatic carboxylic acids is 1. The quantitative estimate of drug-likeness (QED) is 0.551. The van der Waals surface area contributed by atoms with Crippen molar-refractivity contribution in [3.8, 4) is 5.75 Å². The van der Waals surface area contributed by atoms with Crippen LogP contribution in [-0.4, -0.2) is 29.1 Å². The molecule has 0 saturated carbocycles. The van der Waals surface area contributed by atoms with Gasteiger partial charge in [-0.2, -0.15) is 0 Å². The molecule has 1 rings (SSSR count). The lowest BCUT2D eigenvalue weighted by molar-refractivity contribution is -0.137. The monoisotopic (exact) mass is 238 g/mol. The van der Waals surface area contributed by atoms with Gasteiger partial charge in [0.1, 0.15) is 12.0 Å². The van der Waals surface area contributed by atoms with Crippen molar-refractivity contribution in [2.24, 2.45) is 0 Å². The Morgan fingerprint density at radius 1 is 1.41 bits per heavy atom. The summed E-state index contributed by atoms with van der Waals surface area (Å²) in [6.07, 6.45) is 1.13. The Morgan fingerprint density at radius 2 is 2.18 bits per heavy atom. The van der Waals surface area contributed by atoms with Gasteiger partial charge in [0.2, 0.25) is 0 Å². The highest BCUT2D eigenvalue weighted by molar-refractivity contribution is 5.75.